The molecule has 0 radical (unpaired) electrons. The average molecular weight is 364 g/mol. The van der Waals surface area contributed by atoms with Crippen LogP contribution in [-0.2, 0) is 4.79 Å². The van der Waals surface area contributed by atoms with Crippen molar-refractivity contribution in [3.63, 3.8) is 0 Å². The van der Waals surface area contributed by atoms with Crippen molar-refractivity contribution in [2.75, 3.05) is 35.2 Å². The fraction of sp³-hybridized carbons (Fsp3) is 0.278. The van der Waals surface area contributed by atoms with Gasteiger partial charge in [0.25, 0.3) is 0 Å². The molecule has 6 heteroatoms. The first-order valence-corrected chi connectivity index (χ1v) is 8.72. The van der Waals surface area contributed by atoms with E-state index in [9.17, 15) is 4.79 Å². The quantitative estimate of drug-likeness (QED) is 0.812. The van der Waals surface area contributed by atoms with Gasteiger partial charge in [-0.05, 0) is 49.2 Å². The van der Waals surface area contributed by atoms with Gasteiger partial charge in [-0.2, -0.15) is 0 Å². The highest BCUT2D eigenvalue weighted by atomic mass is 35.5. The number of hydrogen-bond acceptors (Lipinski definition) is 3. The maximum absolute atomic E-state index is 12.1. The van der Waals surface area contributed by atoms with Crippen LogP contribution in [0.2, 0.25) is 10.0 Å². The number of rotatable bonds is 5. The van der Waals surface area contributed by atoms with Gasteiger partial charge in [0, 0.05) is 24.5 Å². The first-order chi connectivity index (χ1) is 11.6. The molecule has 1 fully saturated rings. The predicted octanol–water partition coefficient (Wildman–Crippen LogP) is 4.64. The van der Waals surface area contributed by atoms with Crippen LogP contribution in [0.25, 0.3) is 0 Å². The summed E-state index contributed by atoms with van der Waals surface area (Å²) in [6.07, 6.45) is 2.51. The molecule has 0 saturated carbocycles. The number of hydrogen-bond donors (Lipinski definition) is 2. The number of para-hydroxylation sites is 1. The van der Waals surface area contributed by atoms with Crippen molar-refractivity contribution in [1.29, 1.82) is 0 Å². The third kappa shape index (κ3) is 4.13. The second-order valence-electron chi connectivity index (χ2n) is 5.74. The summed E-state index contributed by atoms with van der Waals surface area (Å²) in [5.41, 5.74) is 2.57. The Kier molecular flexibility index (Phi) is 5.48. The zero-order valence-corrected chi connectivity index (χ0v) is 14.7. The van der Waals surface area contributed by atoms with Crippen molar-refractivity contribution < 1.29 is 4.79 Å². The molecule has 0 aliphatic carbocycles. The van der Waals surface area contributed by atoms with Crippen molar-refractivity contribution in [3.05, 3.63) is 52.5 Å². The van der Waals surface area contributed by atoms with Gasteiger partial charge in [0.05, 0.1) is 22.3 Å². The lowest BCUT2D eigenvalue weighted by Gasteiger charge is -2.18. The molecular formula is C18H19Cl2N3O. The lowest BCUT2D eigenvalue weighted by atomic mass is 10.2. The Morgan fingerprint density at radius 1 is 1.00 bits per heavy atom. The van der Waals surface area contributed by atoms with Crippen LogP contribution in [-0.4, -0.2) is 25.5 Å². The number of carbonyl (C=O) groups is 1. The van der Waals surface area contributed by atoms with Crippen LogP contribution in [0.15, 0.2) is 42.5 Å². The van der Waals surface area contributed by atoms with Crippen molar-refractivity contribution in [2.24, 2.45) is 0 Å². The summed E-state index contributed by atoms with van der Waals surface area (Å²) in [7, 11) is 0. The molecule has 1 heterocycles. The van der Waals surface area contributed by atoms with Crippen LogP contribution in [0.1, 0.15) is 12.8 Å². The van der Waals surface area contributed by atoms with Gasteiger partial charge in [-0.25, -0.2) is 0 Å². The Morgan fingerprint density at radius 3 is 2.25 bits per heavy atom. The molecular weight excluding hydrogens is 345 g/mol. The fourth-order valence-corrected chi connectivity index (χ4v) is 3.24. The van der Waals surface area contributed by atoms with E-state index >= 15 is 0 Å². The highest BCUT2D eigenvalue weighted by Gasteiger charge is 2.12. The van der Waals surface area contributed by atoms with Gasteiger partial charge in [0.15, 0.2) is 0 Å². The summed E-state index contributed by atoms with van der Waals surface area (Å²) >= 11 is 12.1. The highest BCUT2D eigenvalue weighted by molar-refractivity contribution is 6.39. The Labute approximate surface area is 151 Å². The minimum Gasteiger partial charge on any atom is -0.376 e. The first kappa shape index (κ1) is 16.9. The monoisotopic (exact) mass is 363 g/mol. The smallest absolute Gasteiger partial charge is 0.243 e. The zero-order chi connectivity index (χ0) is 16.9. The maximum Gasteiger partial charge on any atom is 0.243 e. The van der Waals surface area contributed by atoms with E-state index in [0.717, 1.165) is 18.8 Å². The molecule has 0 unspecified atom stereocenters. The van der Waals surface area contributed by atoms with Gasteiger partial charge in [-0.15, -0.1) is 0 Å². The molecule has 3 rings (SSSR count). The summed E-state index contributed by atoms with van der Waals surface area (Å²) in [5, 5.41) is 6.68. The van der Waals surface area contributed by atoms with Crippen molar-refractivity contribution in [2.45, 2.75) is 12.8 Å². The molecule has 0 spiro atoms. The molecule has 0 aromatic heterocycles. The number of anilines is 3. The van der Waals surface area contributed by atoms with Gasteiger partial charge in [0.1, 0.15) is 0 Å². The molecule has 126 valence electrons. The third-order valence-corrected chi connectivity index (χ3v) is 4.65. The van der Waals surface area contributed by atoms with Crippen LogP contribution in [0.3, 0.4) is 0 Å². The van der Waals surface area contributed by atoms with E-state index in [-0.39, 0.29) is 12.5 Å². The topological polar surface area (TPSA) is 44.4 Å². The van der Waals surface area contributed by atoms with Crippen molar-refractivity contribution in [3.8, 4) is 0 Å². The molecule has 1 amide bonds. The Bertz CT molecular complexity index is 692. The highest BCUT2D eigenvalue weighted by Crippen LogP contribution is 2.29. The number of nitrogens with one attached hydrogen (secondary N) is 2. The number of benzene rings is 2. The lowest BCUT2D eigenvalue weighted by Crippen LogP contribution is -2.22. The maximum atomic E-state index is 12.1. The van der Waals surface area contributed by atoms with Crippen LogP contribution < -0.4 is 15.5 Å². The summed E-state index contributed by atoms with van der Waals surface area (Å²) in [6.45, 7) is 2.38. The summed E-state index contributed by atoms with van der Waals surface area (Å²) in [5.74, 6) is -0.200. The molecule has 1 aliphatic rings. The second kappa shape index (κ2) is 7.77. The van der Waals surface area contributed by atoms with Crippen molar-refractivity contribution in [1.82, 2.24) is 0 Å². The predicted molar refractivity (Wildman–Crippen MR) is 101 cm³/mol. The van der Waals surface area contributed by atoms with Gasteiger partial charge < -0.3 is 15.5 Å². The van der Waals surface area contributed by atoms with Crippen molar-refractivity contribution >= 4 is 46.2 Å². The van der Waals surface area contributed by atoms with E-state index in [1.807, 2.05) is 12.1 Å². The van der Waals surface area contributed by atoms with Crippen LogP contribution in [0, 0.1) is 0 Å². The van der Waals surface area contributed by atoms with Crippen LogP contribution in [0.4, 0.5) is 17.1 Å². The second-order valence-corrected chi connectivity index (χ2v) is 6.55. The number of amides is 1. The van der Waals surface area contributed by atoms with Gasteiger partial charge in [-0.1, -0.05) is 29.3 Å². The zero-order valence-electron chi connectivity index (χ0n) is 13.2. The van der Waals surface area contributed by atoms with E-state index in [4.69, 9.17) is 23.2 Å². The lowest BCUT2D eigenvalue weighted by molar-refractivity contribution is -0.114. The summed E-state index contributed by atoms with van der Waals surface area (Å²) < 4.78 is 0. The number of halogens is 2. The van der Waals surface area contributed by atoms with E-state index in [1.54, 1.807) is 18.2 Å². The first-order valence-electron chi connectivity index (χ1n) is 7.96. The fourth-order valence-electron chi connectivity index (χ4n) is 2.75. The standard InChI is InChI=1S/C18H19Cl2N3O/c19-15-4-3-5-16(20)18(15)22-17(24)12-21-13-6-8-14(9-7-13)23-10-1-2-11-23/h3-9,21H,1-2,10-12H2,(H,22,24). The molecule has 1 saturated heterocycles. The van der Waals surface area contributed by atoms with Gasteiger partial charge >= 0.3 is 0 Å². The van der Waals surface area contributed by atoms with E-state index in [1.165, 1.54) is 18.5 Å². The molecule has 2 aromatic carbocycles. The minimum atomic E-state index is -0.200. The molecule has 0 bridgehead atoms. The largest absolute Gasteiger partial charge is 0.376 e. The average Bonchev–Trinajstić information content (AvgIpc) is 3.11. The SMILES string of the molecule is O=C(CNc1ccc(N2CCCC2)cc1)Nc1c(Cl)cccc1Cl. The van der Waals surface area contributed by atoms with Gasteiger partial charge in [0.2, 0.25) is 5.91 Å². The minimum absolute atomic E-state index is 0.143. The van der Waals surface area contributed by atoms with E-state index in [2.05, 4.69) is 27.7 Å². The molecule has 2 N–H and O–H groups in total. The molecule has 4 nitrogen and oxygen atoms in total. The number of nitrogens with zero attached hydrogens (tertiary/aromatic N) is 1. The normalized spacial score (nSPS) is 13.8. The number of carbonyl (C=O) groups excluding carboxylic acids is 1. The molecule has 1 aliphatic heterocycles. The Balaban J connectivity index is 1.54. The summed E-state index contributed by atoms with van der Waals surface area (Å²) in [4.78, 5) is 14.4. The van der Waals surface area contributed by atoms with Crippen LogP contribution in [0.5, 0.6) is 0 Å². The molecule has 0 atom stereocenters. The van der Waals surface area contributed by atoms with Crippen LogP contribution >= 0.6 is 23.2 Å². The Hall–Kier alpha value is -1.91. The Morgan fingerprint density at radius 2 is 1.62 bits per heavy atom. The van der Waals surface area contributed by atoms with Gasteiger partial charge in [-0.3, -0.25) is 4.79 Å². The molecule has 24 heavy (non-hydrogen) atoms. The third-order valence-electron chi connectivity index (χ3n) is 4.02. The van der Waals surface area contributed by atoms with E-state index < -0.39 is 0 Å². The van der Waals surface area contributed by atoms with E-state index in [0.29, 0.717) is 15.7 Å². The summed E-state index contributed by atoms with van der Waals surface area (Å²) in [6, 6.07) is 13.3. The molecule has 2 aromatic rings.